The molecule has 0 radical (unpaired) electrons. The standard InChI is InChI=1S/C16H23ClN4O.ClH/c17-13-3-1-2-12(8-13)15-14(10-20-21-15)16(22)19-7-5-11-4-6-18-9-11;/h1-3,8,11,14-15,18,20-21H,4-7,9-10H2,(H,19,22);1H. The second kappa shape index (κ2) is 8.85. The van der Waals surface area contributed by atoms with E-state index in [1.807, 2.05) is 24.3 Å². The Bertz CT molecular complexity index is 523. The first-order valence-corrected chi connectivity index (χ1v) is 8.34. The number of hydrazine groups is 1. The van der Waals surface area contributed by atoms with Gasteiger partial charge in [0.2, 0.25) is 5.91 Å². The molecule has 2 aliphatic heterocycles. The minimum Gasteiger partial charge on any atom is -0.356 e. The summed E-state index contributed by atoms with van der Waals surface area (Å²) >= 11 is 6.05. The number of nitrogens with one attached hydrogen (secondary N) is 4. The molecule has 3 atom stereocenters. The van der Waals surface area contributed by atoms with Crippen molar-refractivity contribution in [1.29, 1.82) is 0 Å². The van der Waals surface area contributed by atoms with E-state index < -0.39 is 0 Å². The van der Waals surface area contributed by atoms with Crippen LogP contribution in [0.15, 0.2) is 24.3 Å². The van der Waals surface area contributed by atoms with Gasteiger partial charge in [-0.05, 0) is 49.5 Å². The van der Waals surface area contributed by atoms with Crippen molar-refractivity contribution in [2.45, 2.75) is 18.9 Å². The van der Waals surface area contributed by atoms with Crippen molar-refractivity contribution < 1.29 is 4.79 Å². The molecular formula is C16H24Cl2N4O. The van der Waals surface area contributed by atoms with Gasteiger partial charge in [-0.2, -0.15) is 0 Å². The van der Waals surface area contributed by atoms with Gasteiger partial charge in [0.15, 0.2) is 0 Å². The molecule has 5 nitrogen and oxygen atoms in total. The second-order valence-electron chi connectivity index (χ2n) is 6.10. The van der Waals surface area contributed by atoms with Crippen molar-refractivity contribution in [2.75, 3.05) is 26.2 Å². The van der Waals surface area contributed by atoms with Crippen LogP contribution in [-0.4, -0.2) is 32.1 Å². The van der Waals surface area contributed by atoms with E-state index in [2.05, 4.69) is 21.5 Å². The number of hydrogen-bond acceptors (Lipinski definition) is 4. The summed E-state index contributed by atoms with van der Waals surface area (Å²) in [7, 11) is 0. The van der Waals surface area contributed by atoms with Crippen LogP contribution >= 0.6 is 24.0 Å². The maximum Gasteiger partial charge on any atom is 0.226 e. The SMILES string of the molecule is Cl.O=C(NCCC1CCNC1)C1CNNC1c1cccc(Cl)c1. The van der Waals surface area contributed by atoms with E-state index in [-0.39, 0.29) is 30.3 Å². The van der Waals surface area contributed by atoms with E-state index in [4.69, 9.17) is 11.6 Å². The summed E-state index contributed by atoms with van der Waals surface area (Å²) in [6.07, 6.45) is 2.27. The van der Waals surface area contributed by atoms with Crippen LogP contribution in [0.1, 0.15) is 24.4 Å². The van der Waals surface area contributed by atoms with Crippen LogP contribution in [0.25, 0.3) is 0 Å². The Balaban J connectivity index is 0.00000192. The highest BCUT2D eigenvalue weighted by atomic mass is 35.5. The first kappa shape index (κ1) is 18.5. The summed E-state index contributed by atoms with van der Waals surface area (Å²) in [5.74, 6) is 0.692. The van der Waals surface area contributed by atoms with Gasteiger partial charge in [-0.25, -0.2) is 5.43 Å². The number of carbonyl (C=O) groups excluding carboxylic acids is 1. The van der Waals surface area contributed by atoms with Gasteiger partial charge in [0.05, 0.1) is 12.0 Å². The van der Waals surface area contributed by atoms with E-state index in [9.17, 15) is 4.79 Å². The fourth-order valence-corrected chi connectivity index (χ4v) is 3.45. The zero-order valence-corrected chi connectivity index (χ0v) is 14.6. The second-order valence-corrected chi connectivity index (χ2v) is 6.54. The summed E-state index contributed by atoms with van der Waals surface area (Å²) < 4.78 is 0. The number of hydrogen-bond donors (Lipinski definition) is 4. The number of carbonyl (C=O) groups is 1. The normalized spacial score (nSPS) is 26.7. The maximum atomic E-state index is 12.4. The highest BCUT2D eigenvalue weighted by Gasteiger charge is 2.33. The van der Waals surface area contributed by atoms with Crippen LogP contribution in [0.5, 0.6) is 0 Å². The van der Waals surface area contributed by atoms with Crippen molar-refractivity contribution in [1.82, 2.24) is 21.5 Å². The molecule has 7 heteroatoms. The van der Waals surface area contributed by atoms with Crippen molar-refractivity contribution in [2.24, 2.45) is 11.8 Å². The third kappa shape index (κ3) is 4.81. The minimum atomic E-state index is -0.111. The lowest BCUT2D eigenvalue weighted by Gasteiger charge is -2.19. The lowest BCUT2D eigenvalue weighted by Crippen LogP contribution is -2.36. The molecule has 0 aliphatic carbocycles. The van der Waals surface area contributed by atoms with Crippen LogP contribution in [0.3, 0.4) is 0 Å². The highest BCUT2D eigenvalue weighted by molar-refractivity contribution is 6.30. The van der Waals surface area contributed by atoms with Gasteiger partial charge in [-0.15, -0.1) is 12.4 Å². The van der Waals surface area contributed by atoms with E-state index in [0.29, 0.717) is 17.5 Å². The first-order valence-electron chi connectivity index (χ1n) is 7.96. The molecule has 1 amide bonds. The average Bonchev–Trinajstić information content (AvgIpc) is 3.18. The maximum absolute atomic E-state index is 12.4. The molecule has 2 heterocycles. The summed E-state index contributed by atoms with van der Waals surface area (Å²) in [6.45, 7) is 3.57. The fraction of sp³-hybridized carbons (Fsp3) is 0.562. The molecule has 0 bridgehead atoms. The third-order valence-corrected chi connectivity index (χ3v) is 4.78. The van der Waals surface area contributed by atoms with E-state index >= 15 is 0 Å². The fourth-order valence-electron chi connectivity index (χ4n) is 3.25. The Morgan fingerprint density at radius 3 is 2.96 bits per heavy atom. The lowest BCUT2D eigenvalue weighted by atomic mass is 9.94. The van der Waals surface area contributed by atoms with Crippen LogP contribution in [0.4, 0.5) is 0 Å². The zero-order chi connectivity index (χ0) is 15.4. The predicted octanol–water partition coefficient (Wildman–Crippen LogP) is 1.64. The van der Waals surface area contributed by atoms with Crippen LogP contribution < -0.4 is 21.5 Å². The minimum absolute atomic E-state index is 0. The van der Waals surface area contributed by atoms with Gasteiger partial charge in [0.25, 0.3) is 0 Å². The van der Waals surface area contributed by atoms with Crippen LogP contribution in [-0.2, 0) is 4.79 Å². The van der Waals surface area contributed by atoms with Gasteiger partial charge in [-0.1, -0.05) is 23.7 Å². The van der Waals surface area contributed by atoms with Gasteiger partial charge >= 0.3 is 0 Å². The predicted molar refractivity (Wildman–Crippen MR) is 94.7 cm³/mol. The quantitative estimate of drug-likeness (QED) is 0.646. The van der Waals surface area contributed by atoms with Crippen LogP contribution in [0, 0.1) is 11.8 Å². The number of halogens is 2. The lowest BCUT2D eigenvalue weighted by molar-refractivity contribution is -0.124. The molecule has 2 fully saturated rings. The van der Waals surface area contributed by atoms with Crippen molar-refractivity contribution in [3.8, 4) is 0 Å². The smallest absolute Gasteiger partial charge is 0.226 e. The topological polar surface area (TPSA) is 65.2 Å². The monoisotopic (exact) mass is 358 g/mol. The first-order chi connectivity index (χ1) is 10.7. The number of benzene rings is 1. The van der Waals surface area contributed by atoms with Gasteiger partial charge in [0, 0.05) is 18.1 Å². The average molecular weight is 359 g/mol. The van der Waals surface area contributed by atoms with E-state index in [1.54, 1.807) is 0 Å². The van der Waals surface area contributed by atoms with Gasteiger partial charge < -0.3 is 10.6 Å². The van der Waals surface area contributed by atoms with Crippen molar-refractivity contribution >= 4 is 29.9 Å². The molecule has 2 aliphatic rings. The highest BCUT2D eigenvalue weighted by Crippen LogP contribution is 2.27. The molecule has 1 aromatic carbocycles. The molecule has 3 rings (SSSR count). The molecule has 4 N–H and O–H groups in total. The van der Waals surface area contributed by atoms with Crippen molar-refractivity contribution in [3.05, 3.63) is 34.9 Å². The van der Waals surface area contributed by atoms with Crippen molar-refractivity contribution in [3.63, 3.8) is 0 Å². The molecule has 0 aromatic heterocycles. The Labute approximate surface area is 148 Å². The molecule has 0 saturated carbocycles. The Morgan fingerprint density at radius 1 is 1.35 bits per heavy atom. The summed E-state index contributed by atoms with van der Waals surface area (Å²) in [5.41, 5.74) is 7.31. The Hall–Kier alpha value is -0.850. The molecule has 128 valence electrons. The third-order valence-electron chi connectivity index (χ3n) is 4.54. The Morgan fingerprint density at radius 2 is 2.22 bits per heavy atom. The van der Waals surface area contributed by atoms with Gasteiger partial charge in [-0.3, -0.25) is 10.2 Å². The molecule has 2 saturated heterocycles. The number of amides is 1. The molecule has 0 spiro atoms. The summed E-state index contributed by atoms with van der Waals surface area (Å²) in [6, 6.07) is 7.64. The van der Waals surface area contributed by atoms with Crippen LogP contribution in [0.2, 0.25) is 5.02 Å². The summed E-state index contributed by atoms with van der Waals surface area (Å²) in [4.78, 5) is 12.4. The van der Waals surface area contributed by atoms with E-state index in [1.165, 1.54) is 6.42 Å². The summed E-state index contributed by atoms with van der Waals surface area (Å²) in [5, 5.41) is 7.13. The molecule has 23 heavy (non-hydrogen) atoms. The molecular weight excluding hydrogens is 335 g/mol. The van der Waals surface area contributed by atoms with Gasteiger partial charge in [0.1, 0.15) is 0 Å². The Kier molecular flexibility index (Phi) is 7.11. The molecule has 3 unspecified atom stereocenters. The largest absolute Gasteiger partial charge is 0.356 e. The molecule has 1 aromatic rings. The van der Waals surface area contributed by atoms with E-state index in [0.717, 1.165) is 31.6 Å². The zero-order valence-electron chi connectivity index (χ0n) is 13.0. The number of rotatable bonds is 5.